The molecule has 0 bridgehead atoms. The Morgan fingerprint density at radius 3 is 2.47 bits per heavy atom. The normalized spacial score (nSPS) is 13.7. The van der Waals surface area contributed by atoms with E-state index in [0.29, 0.717) is 6.54 Å². The zero-order valence-electron chi connectivity index (χ0n) is 10.7. The van der Waals surface area contributed by atoms with E-state index in [0.717, 1.165) is 13.0 Å². The molecule has 0 aromatic heterocycles. The molecule has 90 valence electrons. The number of esters is 1. The second-order valence-electron chi connectivity index (χ2n) is 4.99. The molecule has 0 radical (unpaired) electrons. The third-order valence-corrected chi connectivity index (χ3v) is 1.97. The van der Waals surface area contributed by atoms with Crippen LogP contribution in [0.5, 0.6) is 0 Å². The predicted octanol–water partition coefficient (Wildman–Crippen LogP) is 2.35. The van der Waals surface area contributed by atoms with Gasteiger partial charge >= 0.3 is 5.97 Å². The Morgan fingerprint density at radius 1 is 1.40 bits per heavy atom. The van der Waals surface area contributed by atoms with E-state index >= 15 is 0 Å². The first-order valence-corrected chi connectivity index (χ1v) is 5.80. The molecule has 0 heterocycles. The van der Waals surface area contributed by atoms with Crippen molar-refractivity contribution in [3.63, 3.8) is 0 Å². The lowest BCUT2D eigenvalue weighted by molar-refractivity contribution is -0.159. The fourth-order valence-corrected chi connectivity index (χ4v) is 1.11. The molecular formula is C12H25NO2. The van der Waals surface area contributed by atoms with Crippen molar-refractivity contribution in [3.05, 3.63) is 0 Å². The first kappa shape index (κ1) is 14.4. The minimum atomic E-state index is -0.380. The summed E-state index contributed by atoms with van der Waals surface area (Å²) in [6, 6.07) is 0. The molecule has 0 saturated heterocycles. The van der Waals surface area contributed by atoms with Crippen molar-refractivity contribution in [3.8, 4) is 0 Å². The van der Waals surface area contributed by atoms with E-state index in [1.807, 2.05) is 27.7 Å². The molecule has 1 N–H and O–H groups in total. The standard InChI is InChI=1S/C12H25NO2/c1-6-7-8-13-9-10(2)11(14)15-12(3,4)5/h10,13H,6-9H2,1-5H3/t10-/m1/s1. The van der Waals surface area contributed by atoms with Gasteiger partial charge in [-0.1, -0.05) is 20.3 Å². The highest BCUT2D eigenvalue weighted by Gasteiger charge is 2.20. The van der Waals surface area contributed by atoms with Gasteiger partial charge < -0.3 is 10.1 Å². The Balaban J connectivity index is 3.70. The first-order chi connectivity index (χ1) is 6.87. The maximum absolute atomic E-state index is 11.6. The third kappa shape index (κ3) is 8.43. The number of rotatable bonds is 6. The lowest BCUT2D eigenvalue weighted by Gasteiger charge is -2.22. The van der Waals surface area contributed by atoms with E-state index in [2.05, 4.69) is 12.2 Å². The smallest absolute Gasteiger partial charge is 0.310 e. The molecule has 3 heteroatoms. The van der Waals surface area contributed by atoms with Gasteiger partial charge in [0.1, 0.15) is 5.60 Å². The summed E-state index contributed by atoms with van der Waals surface area (Å²) < 4.78 is 5.28. The number of ether oxygens (including phenoxy) is 1. The molecule has 0 spiro atoms. The minimum absolute atomic E-state index is 0.0684. The van der Waals surface area contributed by atoms with Crippen LogP contribution in [0.25, 0.3) is 0 Å². The summed E-state index contributed by atoms with van der Waals surface area (Å²) in [5.41, 5.74) is -0.380. The van der Waals surface area contributed by atoms with Crippen LogP contribution in [0.1, 0.15) is 47.5 Å². The van der Waals surface area contributed by atoms with Crippen LogP contribution in [-0.2, 0) is 9.53 Å². The average Bonchev–Trinajstić information content (AvgIpc) is 2.09. The van der Waals surface area contributed by atoms with E-state index < -0.39 is 0 Å². The van der Waals surface area contributed by atoms with Crippen LogP contribution in [0.4, 0.5) is 0 Å². The second-order valence-corrected chi connectivity index (χ2v) is 4.99. The zero-order chi connectivity index (χ0) is 11.9. The summed E-state index contributed by atoms with van der Waals surface area (Å²) in [6.07, 6.45) is 2.33. The number of hydrogen-bond donors (Lipinski definition) is 1. The van der Waals surface area contributed by atoms with Gasteiger partial charge in [-0.15, -0.1) is 0 Å². The number of nitrogens with one attached hydrogen (secondary N) is 1. The summed E-state index contributed by atoms with van der Waals surface area (Å²) in [5, 5.41) is 3.25. The van der Waals surface area contributed by atoms with Crippen LogP contribution in [-0.4, -0.2) is 24.7 Å². The topological polar surface area (TPSA) is 38.3 Å². The fourth-order valence-electron chi connectivity index (χ4n) is 1.11. The molecule has 0 aliphatic heterocycles. The first-order valence-electron chi connectivity index (χ1n) is 5.80. The molecule has 15 heavy (non-hydrogen) atoms. The molecule has 0 rings (SSSR count). The van der Waals surface area contributed by atoms with Crippen LogP contribution in [0.3, 0.4) is 0 Å². The fraction of sp³-hybridized carbons (Fsp3) is 0.917. The molecule has 0 unspecified atom stereocenters. The average molecular weight is 215 g/mol. The van der Waals surface area contributed by atoms with Gasteiger partial charge in [-0.25, -0.2) is 0 Å². The molecule has 0 aromatic carbocycles. The Kier molecular flexibility index (Phi) is 6.57. The summed E-state index contributed by atoms with van der Waals surface area (Å²) in [4.78, 5) is 11.6. The molecule has 1 atom stereocenters. The van der Waals surface area contributed by atoms with E-state index in [4.69, 9.17) is 4.74 Å². The van der Waals surface area contributed by atoms with Crippen LogP contribution in [0, 0.1) is 5.92 Å². The van der Waals surface area contributed by atoms with Crippen molar-refractivity contribution in [2.75, 3.05) is 13.1 Å². The quantitative estimate of drug-likeness (QED) is 0.546. The molecule has 3 nitrogen and oxygen atoms in total. The predicted molar refractivity (Wildman–Crippen MR) is 62.8 cm³/mol. The van der Waals surface area contributed by atoms with Crippen molar-refractivity contribution in [2.24, 2.45) is 5.92 Å². The van der Waals surface area contributed by atoms with Crippen LogP contribution in [0.2, 0.25) is 0 Å². The Labute approximate surface area is 93.6 Å². The van der Waals surface area contributed by atoms with Gasteiger partial charge in [-0.3, -0.25) is 4.79 Å². The van der Waals surface area contributed by atoms with Crippen molar-refractivity contribution >= 4 is 5.97 Å². The van der Waals surface area contributed by atoms with Crippen LogP contribution >= 0.6 is 0 Å². The lowest BCUT2D eigenvalue weighted by Crippen LogP contribution is -2.33. The van der Waals surface area contributed by atoms with Gasteiger partial charge in [-0.2, -0.15) is 0 Å². The number of hydrogen-bond acceptors (Lipinski definition) is 3. The van der Waals surface area contributed by atoms with E-state index in [1.54, 1.807) is 0 Å². The van der Waals surface area contributed by atoms with Gasteiger partial charge in [0, 0.05) is 6.54 Å². The summed E-state index contributed by atoms with van der Waals surface area (Å²) >= 11 is 0. The van der Waals surface area contributed by atoms with E-state index in [9.17, 15) is 4.79 Å². The third-order valence-electron chi connectivity index (χ3n) is 1.97. The van der Waals surface area contributed by atoms with Crippen LogP contribution < -0.4 is 5.32 Å². The van der Waals surface area contributed by atoms with Crippen molar-refractivity contribution in [2.45, 2.75) is 53.1 Å². The SMILES string of the molecule is CCCCNC[C@@H](C)C(=O)OC(C)(C)C. The highest BCUT2D eigenvalue weighted by atomic mass is 16.6. The molecule has 0 amide bonds. The Morgan fingerprint density at radius 2 is 2.00 bits per heavy atom. The number of carbonyl (C=O) groups excluding carboxylic acids is 1. The van der Waals surface area contributed by atoms with Gasteiger partial charge in [0.2, 0.25) is 0 Å². The molecule has 0 aliphatic rings. The maximum atomic E-state index is 11.6. The molecule has 0 saturated carbocycles. The monoisotopic (exact) mass is 215 g/mol. The van der Waals surface area contributed by atoms with Gasteiger partial charge in [0.15, 0.2) is 0 Å². The highest BCUT2D eigenvalue weighted by molar-refractivity contribution is 5.72. The zero-order valence-corrected chi connectivity index (χ0v) is 10.7. The Hall–Kier alpha value is -0.570. The largest absolute Gasteiger partial charge is 0.460 e. The number of unbranched alkanes of at least 4 members (excludes halogenated alkanes) is 1. The van der Waals surface area contributed by atoms with Crippen molar-refractivity contribution in [1.82, 2.24) is 5.32 Å². The number of carbonyl (C=O) groups is 1. The Bertz CT molecular complexity index is 185. The van der Waals surface area contributed by atoms with Crippen molar-refractivity contribution < 1.29 is 9.53 Å². The lowest BCUT2D eigenvalue weighted by atomic mass is 10.1. The second kappa shape index (κ2) is 6.83. The summed E-state index contributed by atoms with van der Waals surface area (Å²) in [5.74, 6) is -0.187. The summed E-state index contributed by atoms with van der Waals surface area (Å²) in [6.45, 7) is 11.4. The van der Waals surface area contributed by atoms with E-state index in [1.165, 1.54) is 6.42 Å². The van der Waals surface area contributed by atoms with Gasteiger partial charge in [-0.05, 0) is 33.7 Å². The van der Waals surface area contributed by atoms with Crippen LogP contribution in [0.15, 0.2) is 0 Å². The molecule has 0 aliphatic carbocycles. The van der Waals surface area contributed by atoms with Gasteiger partial charge in [0.25, 0.3) is 0 Å². The molecule has 0 fully saturated rings. The van der Waals surface area contributed by atoms with Gasteiger partial charge in [0.05, 0.1) is 5.92 Å². The highest BCUT2D eigenvalue weighted by Crippen LogP contribution is 2.10. The molecule has 0 aromatic rings. The minimum Gasteiger partial charge on any atom is -0.460 e. The van der Waals surface area contributed by atoms with E-state index in [-0.39, 0.29) is 17.5 Å². The summed E-state index contributed by atoms with van der Waals surface area (Å²) in [7, 11) is 0. The maximum Gasteiger partial charge on any atom is 0.310 e. The van der Waals surface area contributed by atoms with Crippen molar-refractivity contribution in [1.29, 1.82) is 0 Å². The molecular weight excluding hydrogens is 190 g/mol.